The van der Waals surface area contributed by atoms with Crippen LogP contribution in [0.5, 0.6) is 5.75 Å². The predicted octanol–water partition coefficient (Wildman–Crippen LogP) is 1.47. The van der Waals surface area contributed by atoms with Gasteiger partial charge in [-0.2, -0.15) is 0 Å². The molecule has 0 aliphatic rings. The van der Waals surface area contributed by atoms with Gasteiger partial charge in [0.1, 0.15) is 17.1 Å². The van der Waals surface area contributed by atoms with Crippen LogP contribution in [-0.4, -0.2) is 25.3 Å². The van der Waals surface area contributed by atoms with Gasteiger partial charge >= 0.3 is 0 Å². The number of benzene rings is 2. The van der Waals surface area contributed by atoms with Gasteiger partial charge in [0, 0.05) is 0 Å². The van der Waals surface area contributed by atoms with E-state index in [2.05, 4.69) is 20.2 Å². The third-order valence-electron chi connectivity index (χ3n) is 3.58. The lowest BCUT2D eigenvalue weighted by atomic mass is 10.1. The highest BCUT2D eigenvalue weighted by atomic mass is 16.3. The number of rotatable bonds is 1. The second-order valence-corrected chi connectivity index (χ2v) is 4.90. The topological polar surface area (TPSA) is 115 Å². The summed E-state index contributed by atoms with van der Waals surface area (Å²) in [6.07, 6.45) is 0. The first kappa shape index (κ1) is 12.4. The number of aromatic hydroxyl groups is 1. The molecule has 7 nitrogen and oxygen atoms in total. The van der Waals surface area contributed by atoms with Gasteiger partial charge in [0.2, 0.25) is 0 Å². The Balaban J connectivity index is 2.13. The molecular formula is C15H10N4O3. The molecule has 7 heteroatoms. The largest absolute Gasteiger partial charge is 0.507 e. The summed E-state index contributed by atoms with van der Waals surface area (Å²) in [6, 6.07) is 10.0. The van der Waals surface area contributed by atoms with E-state index in [4.69, 9.17) is 0 Å². The van der Waals surface area contributed by atoms with Crippen LogP contribution in [0.1, 0.15) is 0 Å². The molecule has 2 heterocycles. The molecule has 0 atom stereocenters. The summed E-state index contributed by atoms with van der Waals surface area (Å²) in [7, 11) is 0. The Morgan fingerprint density at radius 1 is 0.955 bits per heavy atom. The van der Waals surface area contributed by atoms with Gasteiger partial charge in [-0.05, 0) is 24.3 Å². The van der Waals surface area contributed by atoms with E-state index in [0.29, 0.717) is 22.4 Å². The maximum absolute atomic E-state index is 12.0. The van der Waals surface area contributed by atoms with Crippen LogP contribution in [0, 0.1) is 0 Å². The molecule has 0 aliphatic carbocycles. The van der Waals surface area contributed by atoms with Gasteiger partial charge in [0.25, 0.3) is 11.1 Å². The number of hydrogen-bond acceptors (Lipinski definition) is 4. The number of fused-ring (bicyclic) bond motifs is 3. The Morgan fingerprint density at radius 3 is 2.55 bits per heavy atom. The van der Waals surface area contributed by atoms with Crippen molar-refractivity contribution in [3.8, 4) is 17.1 Å². The van der Waals surface area contributed by atoms with Gasteiger partial charge in [-0.15, -0.1) is 0 Å². The molecule has 0 spiro atoms. The quantitative estimate of drug-likeness (QED) is 0.425. The third kappa shape index (κ3) is 1.65. The molecule has 0 amide bonds. The van der Waals surface area contributed by atoms with Crippen molar-refractivity contribution in [3.63, 3.8) is 0 Å². The van der Waals surface area contributed by atoms with Crippen molar-refractivity contribution < 1.29 is 5.11 Å². The van der Waals surface area contributed by atoms with Crippen molar-refractivity contribution in [2.45, 2.75) is 0 Å². The molecule has 4 aromatic rings. The first-order valence-corrected chi connectivity index (χ1v) is 6.57. The van der Waals surface area contributed by atoms with Crippen molar-refractivity contribution in [2.24, 2.45) is 0 Å². The van der Waals surface area contributed by atoms with Crippen LogP contribution in [-0.2, 0) is 0 Å². The minimum absolute atomic E-state index is 0.0811. The zero-order chi connectivity index (χ0) is 15.3. The zero-order valence-corrected chi connectivity index (χ0v) is 11.2. The van der Waals surface area contributed by atoms with Crippen molar-refractivity contribution in [1.29, 1.82) is 0 Å². The molecule has 22 heavy (non-hydrogen) atoms. The van der Waals surface area contributed by atoms with Crippen LogP contribution in [0.25, 0.3) is 33.2 Å². The summed E-state index contributed by atoms with van der Waals surface area (Å²) in [5.74, 6) is 0.512. The van der Waals surface area contributed by atoms with Crippen molar-refractivity contribution in [3.05, 3.63) is 57.1 Å². The number of para-hydroxylation sites is 1. The lowest BCUT2D eigenvalue weighted by Crippen LogP contribution is -2.19. The number of hydrogen-bond donors (Lipinski definition) is 4. The fourth-order valence-corrected chi connectivity index (χ4v) is 2.54. The minimum Gasteiger partial charge on any atom is -0.507 e. The minimum atomic E-state index is -0.421. The Hall–Kier alpha value is -3.35. The number of nitrogens with zero attached hydrogens (tertiary/aromatic N) is 1. The van der Waals surface area contributed by atoms with Crippen molar-refractivity contribution >= 4 is 21.8 Å². The molecular weight excluding hydrogens is 284 g/mol. The van der Waals surface area contributed by atoms with Crippen LogP contribution in [0.4, 0.5) is 0 Å². The number of nitrogens with one attached hydrogen (secondary N) is 3. The fraction of sp³-hybridized carbons (Fsp3) is 0. The molecule has 4 N–H and O–H groups in total. The van der Waals surface area contributed by atoms with Crippen LogP contribution in [0.2, 0.25) is 0 Å². The van der Waals surface area contributed by atoms with E-state index in [1.54, 1.807) is 36.4 Å². The lowest BCUT2D eigenvalue weighted by Gasteiger charge is -1.98. The number of phenolic OH excluding ortho intramolecular Hbond substituents is 1. The van der Waals surface area contributed by atoms with Gasteiger partial charge in [-0.1, -0.05) is 12.1 Å². The number of H-pyrrole nitrogens is 3. The molecule has 0 radical (unpaired) electrons. The van der Waals surface area contributed by atoms with E-state index in [1.165, 1.54) is 0 Å². The average Bonchev–Trinajstić information content (AvgIpc) is 2.95. The standard InChI is InChI=1S/C15H10N4O3/c20-10-4-2-1-3-7(10)13-16-9-6-5-8-11(12(9)17-13)15(22)19-18-14(8)21/h1-6,20H,(H,16,17)(H,18,21)(H,19,22). The highest BCUT2D eigenvalue weighted by molar-refractivity contribution is 6.04. The molecule has 0 unspecified atom stereocenters. The molecule has 108 valence electrons. The smallest absolute Gasteiger partial charge is 0.272 e. The molecule has 0 fully saturated rings. The van der Waals surface area contributed by atoms with E-state index >= 15 is 0 Å². The number of imidazole rings is 1. The van der Waals surface area contributed by atoms with Crippen LogP contribution in [0.3, 0.4) is 0 Å². The fourth-order valence-electron chi connectivity index (χ4n) is 2.54. The van der Waals surface area contributed by atoms with E-state index < -0.39 is 5.56 Å². The number of phenols is 1. The van der Waals surface area contributed by atoms with E-state index in [1.807, 2.05) is 0 Å². The van der Waals surface area contributed by atoms with Gasteiger partial charge in [0.05, 0.1) is 21.9 Å². The Kier molecular flexibility index (Phi) is 2.43. The van der Waals surface area contributed by atoms with E-state index in [0.717, 1.165) is 0 Å². The molecule has 2 aromatic carbocycles. The maximum Gasteiger partial charge on any atom is 0.272 e. The Morgan fingerprint density at radius 2 is 1.73 bits per heavy atom. The van der Waals surface area contributed by atoms with Gasteiger partial charge < -0.3 is 10.1 Å². The number of aromatic nitrogens is 4. The summed E-state index contributed by atoms with van der Waals surface area (Å²) in [4.78, 5) is 31.3. The molecule has 0 bridgehead atoms. The second kappa shape index (κ2) is 4.32. The van der Waals surface area contributed by atoms with Crippen molar-refractivity contribution in [2.75, 3.05) is 0 Å². The average molecular weight is 294 g/mol. The molecule has 0 saturated carbocycles. The van der Waals surface area contributed by atoms with E-state index in [9.17, 15) is 14.7 Å². The van der Waals surface area contributed by atoms with Crippen LogP contribution in [0.15, 0.2) is 46.0 Å². The number of aromatic amines is 3. The van der Waals surface area contributed by atoms with Gasteiger partial charge in [-0.25, -0.2) is 4.98 Å². The van der Waals surface area contributed by atoms with Gasteiger partial charge in [0.15, 0.2) is 0 Å². The van der Waals surface area contributed by atoms with E-state index in [-0.39, 0.29) is 22.1 Å². The van der Waals surface area contributed by atoms with Crippen LogP contribution >= 0.6 is 0 Å². The normalized spacial score (nSPS) is 11.3. The first-order chi connectivity index (χ1) is 10.6. The second-order valence-electron chi connectivity index (χ2n) is 4.90. The molecule has 4 rings (SSSR count). The SMILES string of the molecule is O=c1[nH][nH]c(=O)c2c1ccc1[nH]c(-c3ccccc3O)nc12. The lowest BCUT2D eigenvalue weighted by molar-refractivity contribution is 0.477. The monoisotopic (exact) mass is 294 g/mol. The maximum atomic E-state index is 12.0. The summed E-state index contributed by atoms with van der Waals surface area (Å²) in [5.41, 5.74) is 0.720. The molecule has 0 aliphatic heterocycles. The summed E-state index contributed by atoms with van der Waals surface area (Å²) < 4.78 is 0. The predicted molar refractivity (Wildman–Crippen MR) is 81.9 cm³/mol. The Bertz CT molecular complexity index is 1140. The molecule has 2 aromatic heterocycles. The summed E-state index contributed by atoms with van der Waals surface area (Å²) in [5, 5.41) is 15.0. The zero-order valence-electron chi connectivity index (χ0n) is 11.2. The third-order valence-corrected chi connectivity index (χ3v) is 3.58. The first-order valence-electron chi connectivity index (χ1n) is 6.57. The summed E-state index contributed by atoms with van der Waals surface area (Å²) >= 11 is 0. The highest BCUT2D eigenvalue weighted by Gasteiger charge is 2.14. The van der Waals surface area contributed by atoms with Gasteiger partial charge in [-0.3, -0.25) is 19.8 Å². The summed E-state index contributed by atoms with van der Waals surface area (Å²) in [6.45, 7) is 0. The molecule has 0 saturated heterocycles. The van der Waals surface area contributed by atoms with Crippen LogP contribution < -0.4 is 11.1 Å². The highest BCUT2D eigenvalue weighted by Crippen LogP contribution is 2.29. The Labute approximate surface area is 122 Å². The van der Waals surface area contributed by atoms with Crippen molar-refractivity contribution in [1.82, 2.24) is 20.2 Å².